The zero-order valence-electron chi connectivity index (χ0n) is 10.9. The molecule has 1 saturated heterocycles. The number of esters is 1. The van der Waals surface area contributed by atoms with Crippen molar-refractivity contribution in [3.05, 3.63) is 0 Å². The molecule has 100 valence electrons. The molecule has 1 aliphatic rings. The summed E-state index contributed by atoms with van der Waals surface area (Å²) in [6, 6.07) is -0.531. The van der Waals surface area contributed by atoms with Gasteiger partial charge in [0.25, 0.3) is 5.95 Å². The Kier molecular flexibility index (Phi) is 4.11. The van der Waals surface area contributed by atoms with Crippen molar-refractivity contribution in [1.29, 1.82) is 0 Å². The van der Waals surface area contributed by atoms with Crippen LogP contribution >= 0.6 is 0 Å². The molecule has 0 aromatic carbocycles. The minimum Gasteiger partial charge on any atom is -0.464 e. The fraction of sp³-hybridized carbons (Fsp3) is 0.818. The van der Waals surface area contributed by atoms with Crippen molar-refractivity contribution in [2.45, 2.75) is 39.2 Å². The smallest absolute Gasteiger partial charge is 0.332 e. The minimum absolute atomic E-state index is 0.333. The Morgan fingerprint density at radius 2 is 2.11 bits per heavy atom. The van der Waals surface area contributed by atoms with Crippen LogP contribution in [0.1, 0.15) is 39.2 Å². The molecule has 1 aliphatic heterocycles. The average Bonchev–Trinajstić information content (AvgIpc) is 2.89. The number of aromatic nitrogens is 4. The SMILES string of the molecule is CCOC(=O)[C@H](C)n1nnc(N2CCCCC2)n1. The van der Waals surface area contributed by atoms with Crippen LogP contribution in [-0.2, 0) is 9.53 Å². The Bertz CT molecular complexity index is 400. The van der Waals surface area contributed by atoms with E-state index in [1.807, 2.05) is 0 Å². The monoisotopic (exact) mass is 253 g/mol. The number of hydrogen-bond donors (Lipinski definition) is 0. The fourth-order valence-electron chi connectivity index (χ4n) is 1.96. The molecule has 0 bridgehead atoms. The lowest BCUT2D eigenvalue weighted by Crippen LogP contribution is -2.30. The number of carbonyl (C=O) groups excluding carboxylic acids is 1. The van der Waals surface area contributed by atoms with Gasteiger partial charge in [0.15, 0.2) is 6.04 Å². The predicted octanol–water partition coefficient (Wildman–Crippen LogP) is 0.787. The lowest BCUT2D eigenvalue weighted by molar-refractivity contribution is -0.147. The molecule has 0 amide bonds. The maximum absolute atomic E-state index is 11.6. The van der Waals surface area contributed by atoms with Gasteiger partial charge < -0.3 is 9.64 Å². The van der Waals surface area contributed by atoms with Gasteiger partial charge in [-0.05, 0) is 38.3 Å². The first-order valence-electron chi connectivity index (χ1n) is 6.43. The van der Waals surface area contributed by atoms with Gasteiger partial charge in [-0.3, -0.25) is 0 Å². The first-order chi connectivity index (χ1) is 8.72. The van der Waals surface area contributed by atoms with Crippen molar-refractivity contribution < 1.29 is 9.53 Å². The Hall–Kier alpha value is -1.66. The van der Waals surface area contributed by atoms with Crippen LogP contribution in [0.2, 0.25) is 0 Å². The summed E-state index contributed by atoms with van der Waals surface area (Å²) in [5.41, 5.74) is 0. The highest BCUT2D eigenvalue weighted by atomic mass is 16.5. The molecule has 2 heterocycles. The van der Waals surface area contributed by atoms with E-state index in [-0.39, 0.29) is 5.97 Å². The van der Waals surface area contributed by atoms with Gasteiger partial charge in [-0.1, -0.05) is 5.10 Å². The topological polar surface area (TPSA) is 73.1 Å². The van der Waals surface area contributed by atoms with Gasteiger partial charge in [-0.25, -0.2) is 4.79 Å². The number of rotatable bonds is 4. The minimum atomic E-state index is -0.531. The molecule has 0 spiro atoms. The molecular formula is C11H19N5O2. The summed E-state index contributed by atoms with van der Waals surface area (Å²) in [6.45, 7) is 5.76. The van der Waals surface area contributed by atoms with Crippen molar-refractivity contribution >= 4 is 11.9 Å². The number of hydrogen-bond acceptors (Lipinski definition) is 6. The maximum atomic E-state index is 11.6. The Balaban J connectivity index is 2.02. The number of tetrazole rings is 1. The van der Waals surface area contributed by atoms with E-state index < -0.39 is 6.04 Å². The molecule has 0 aliphatic carbocycles. The number of ether oxygens (including phenoxy) is 1. The summed E-state index contributed by atoms with van der Waals surface area (Å²) in [5, 5.41) is 12.2. The summed E-state index contributed by atoms with van der Waals surface area (Å²) in [6.07, 6.45) is 3.56. The number of carbonyl (C=O) groups is 1. The molecule has 0 radical (unpaired) electrons. The summed E-state index contributed by atoms with van der Waals surface area (Å²) < 4.78 is 4.93. The Morgan fingerprint density at radius 1 is 1.39 bits per heavy atom. The molecule has 1 atom stereocenters. The van der Waals surface area contributed by atoms with Crippen LogP contribution in [0.25, 0.3) is 0 Å². The number of piperidine rings is 1. The molecule has 2 rings (SSSR count). The van der Waals surface area contributed by atoms with E-state index in [2.05, 4.69) is 20.3 Å². The molecular weight excluding hydrogens is 234 g/mol. The first kappa shape index (κ1) is 12.8. The molecule has 7 heteroatoms. The normalized spacial score (nSPS) is 17.6. The largest absolute Gasteiger partial charge is 0.464 e. The van der Waals surface area contributed by atoms with Crippen LogP contribution in [0.4, 0.5) is 5.95 Å². The highest BCUT2D eigenvalue weighted by molar-refractivity contribution is 5.73. The molecule has 0 saturated carbocycles. The van der Waals surface area contributed by atoms with Crippen LogP contribution in [-0.4, -0.2) is 45.9 Å². The molecule has 0 unspecified atom stereocenters. The highest BCUT2D eigenvalue weighted by Gasteiger charge is 2.21. The van der Waals surface area contributed by atoms with Gasteiger partial charge in [-0.15, -0.1) is 9.90 Å². The third-order valence-corrected chi connectivity index (χ3v) is 3.03. The van der Waals surface area contributed by atoms with Crippen molar-refractivity contribution in [2.75, 3.05) is 24.6 Å². The zero-order chi connectivity index (χ0) is 13.0. The van der Waals surface area contributed by atoms with Gasteiger partial charge in [0.05, 0.1) is 6.61 Å². The molecule has 18 heavy (non-hydrogen) atoms. The number of anilines is 1. The van der Waals surface area contributed by atoms with Gasteiger partial charge in [0.1, 0.15) is 0 Å². The van der Waals surface area contributed by atoms with Crippen molar-refractivity contribution in [1.82, 2.24) is 20.2 Å². The van der Waals surface area contributed by atoms with E-state index in [1.165, 1.54) is 11.2 Å². The lowest BCUT2D eigenvalue weighted by Gasteiger charge is -2.24. The molecule has 7 nitrogen and oxygen atoms in total. The van der Waals surface area contributed by atoms with Gasteiger partial charge in [0, 0.05) is 13.1 Å². The van der Waals surface area contributed by atoms with Gasteiger partial charge >= 0.3 is 5.97 Å². The summed E-state index contributed by atoms with van der Waals surface area (Å²) in [5.74, 6) is 0.269. The van der Waals surface area contributed by atoms with E-state index in [4.69, 9.17) is 4.74 Å². The Morgan fingerprint density at radius 3 is 2.78 bits per heavy atom. The van der Waals surface area contributed by atoms with E-state index in [9.17, 15) is 4.79 Å². The van der Waals surface area contributed by atoms with Crippen molar-refractivity contribution in [2.24, 2.45) is 0 Å². The zero-order valence-corrected chi connectivity index (χ0v) is 10.9. The summed E-state index contributed by atoms with van der Waals surface area (Å²) >= 11 is 0. The third-order valence-electron chi connectivity index (χ3n) is 3.03. The quantitative estimate of drug-likeness (QED) is 0.739. The average molecular weight is 253 g/mol. The van der Waals surface area contributed by atoms with E-state index in [1.54, 1.807) is 13.8 Å². The van der Waals surface area contributed by atoms with E-state index in [0.29, 0.717) is 12.6 Å². The summed E-state index contributed by atoms with van der Waals surface area (Å²) in [4.78, 5) is 15.0. The lowest BCUT2D eigenvalue weighted by atomic mass is 10.1. The van der Waals surface area contributed by atoms with Crippen LogP contribution in [0.15, 0.2) is 0 Å². The maximum Gasteiger partial charge on any atom is 0.332 e. The van der Waals surface area contributed by atoms with Crippen LogP contribution < -0.4 is 4.90 Å². The highest BCUT2D eigenvalue weighted by Crippen LogP contribution is 2.15. The summed E-state index contributed by atoms with van der Waals surface area (Å²) in [7, 11) is 0. The van der Waals surface area contributed by atoms with Crippen LogP contribution in [0.5, 0.6) is 0 Å². The van der Waals surface area contributed by atoms with E-state index in [0.717, 1.165) is 25.9 Å². The molecule has 1 aromatic heterocycles. The molecule has 0 N–H and O–H groups in total. The van der Waals surface area contributed by atoms with Gasteiger partial charge in [0.2, 0.25) is 0 Å². The second-order valence-electron chi connectivity index (χ2n) is 4.39. The Labute approximate surface area is 106 Å². The number of nitrogens with zero attached hydrogens (tertiary/aromatic N) is 5. The predicted molar refractivity (Wildman–Crippen MR) is 65.2 cm³/mol. The fourth-order valence-corrected chi connectivity index (χ4v) is 1.96. The molecule has 1 fully saturated rings. The van der Waals surface area contributed by atoms with Crippen LogP contribution in [0.3, 0.4) is 0 Å². The molecule has 1 aromatic rings. The second kappa shape index (κ2) is 5.79. The third kappa shape index (κ3) is 2.77. The van der Waals surface area contributed by atoms with Crippen molar-refractivity contribution in [3.63, 3.8) is 0 Å². The van der Waals surface area contributed by atoms with Crippen molar-refractivity contribution in [3.8, 4) is 0 Å². The van der Waals surface area contributed by atoms with E-state index >= 15 is 0 Å². The second-order valence-corrected chi connectivity index (χ2v) is 4.39. The first-order valence-corrected chi connectivity index (χ1v) is 6.43. The van der Waals surface area contributed by atoms with Crippen LogP contribution in [0, 0.1) is 0 Å². The van der Waals surface area contributed by atoms with Gasteiger partial charge in [-0.2, -0.15) is 0 Å². The standard InChI is InChI=1S/C11H19N5O2/c1-3-18-10(17)9(2)16-13-11(12-14-16)15-7-5-4-6-8-15/h9H,3-8H2,1-2H3/t9-/m0/s1.